The third-order valence-corrected chi connectivity index (χ3v) is 5.06. The molecule has 0 spiro atoms. The molecule has 0 N–H and O–H groups in total. The molecule has 1 atom stereocenters. The van der Waals surface area contributed by atoms with E-state index in [1.165, 1.54) is 0 Å². The molecule has 0 radical (unpaired) electrons. The Bertz CT molecular complexity index is 654. The van der Waals surface area contributed by atoms with Crippen LogP contribution in [0.2, 0.25) is 5.02 Å². The molecule has 0 bridgehead atoms. The van der Waals surface area contributed by atoms with Crippen molar-refractivity contribution in [1.29, 1.82) is 0 Å². The Labute approximate surface area is 142 Å². The number of nitrogens with zero attached hydrogens (tertiary/aromatic N) is 3. The van der Waals surface area contributed by atoms with Gasteiger partial charge >= 0.3 is 6.18 Å². The highest BCUT2D eigenvalue weighted by atomic mass is 35.5. The second-order valence-corrected chi connectivity index (χ2v) is 6.61. The molecule has 2 fully saturated rings. The molecule has 2 aliphatic heterocycles. The largest absolute Gasteiger partial charge is 0.418 e. The summed E-state index contributed by atoms with van der Waals surface area (Å²) in [4.78, 5) is 14.7. The van der Waals surface area contributed by atoms with Crippen molar-refractivity contribution in [3.05, 3.63) is 32.8 Å². The number of piperazine rings is 1. The number of anilines is 1. The molecular formula is C15H17ClF3N3O2. The SMILES string of the molecule is O=[N+]([O-])c1cc(C(F)(F)F)c(Cl)cc1N1CCN2CCCCC2C1. The molecule has 1 unspecified atom stereocenters. The summed E-state index contributed by atoms with van der Waals surface area (Å²) < 4.78 is 38.9. The quantitative estimate of drug-likeness (QED) is 0.590. The van der Waals surface area contributed by atoms with E-state index in [4.69, 9.17) is 11.6 Å². The van der Waals surface area contributed by atoms with Crippen molar-refractivity contribution in [2.24, 2.45) is 0 Å². The van der Waals surface area contributed by atoms with E-state index >= 15 is 0 Å². The molecule has 1 aromatic carbocycles. The molecule has 2 heterocycles. The maximum absolute atomic E-state index is 13.0. The van der Waals surface area contributed by atoms with Crippen LogP contribution in [0, 0.1) is 10.1 Å². The highest BCUT2D eigenvalue weighted by molar-refractivity contribution is 6.31. The van der Waals surface area contributed by atoms with E-state index in [0.29, 0.717) is 19.2 Å². The Morgan fingerprint density at radius 1 is 1.21 bits per heavy atom. The normalized spacial score (nSPS) is 22.3. The molecule has 0 aliphatic carbocycles. The van der Waals surface area contributed by atoms with Crippen molar-refractivity contribution < 1.29 is 18.1 Å². The number of piperidine rings is 1. The van der Waals surface area contributed by atoms with Crippen molar-refractivity contribution >= 4 is 23.0 Å². The van der Waals surface area contributed by atoms with Crippen molar-refractivity contribution in [2.75, 3.05) is 31.1 Å². The topological polar surface area (TPSA) is 49.6 Å². The summed E-state index contributed by atoms with van der Waals surface area (Å²) in [5, 5.41) is 10.8. The highest BCUT2D eigenvalue weighted by Crippen LogP contribution is 2.42. The number of nitro benzene ring substituents is 1. The van der Waals surface area contributed by atoms with E-state index in [9.17, 15) is 23.3 Å². The predicted octanol–water partition coefficient (Wildman–Crippen LogP) is 3.94. The van der Waals surface area contributed by atoms with Gasteiger partial charge in [-0.2, -0.15) is 13.2 Å². The van der Waals surface area contributed by atoms with E-state index in [2.05, 4.69) is 4.90 Å². The molecular weight excluding hydrogens is 347 g/mol. The fourth-order valence-electron chi connectivity index (χ4n) is 3.54. The van der Waals surface area contributed by atoms with Crippen LogP contribution in [-0.2, 0) is 6.18 Å². The Morgan fingerprint density at radius 3 is 2.62 bits per heavy atom. The minimum atomic E-state index is -4.72. The van der Waals surface area contributed by atoms with Crippen molar-refractivity contribution in [2.45, 2.75) is 31.5 Å². The van der Waals surface area contributed by atoms with Gasteiger partial charge in [0.05, 0.1) is 15.5 Å². The maximum Gasteiger partial charge on any atom is 0.418 e. The summed E-state index contributed by atoms with van der Waals surface area (Å²) in [6, 6.07) is 1.92. The zero-order chi connectivity index (χ0) is 17.5. The molecule has 0 amide bonds. The van der Waals surface area contributed by atoms with Crippen LogP contribution in [0.3, 0.4) is 0 Å². The van der Waals surface area contributed by atoms with E-state index in [1.807, 2.05) is 0 Å². The molecule has 2 aliphatic rings. The number of rotatable bonds is 2. The molecule has 0 aromatic heterocycles. The predicted molar refractivity (Wildman–Crippen MR) is 84.5 cm³/mol. The van der Waals surface area contributed by atoms with Crippen LogP contribution in [0.5, 0.6) is 0 Å². The van der Waals surface area contributed by atoms with Gasteiger partial charge in [-0.05, 0) is 25.5 Å². The van der Waals surface area contributed by atoms with Crippen LogP contribution in [-0.4, -0.2) is 42.0 Å². The number of alkyl halides is 3. The van der Waals surface area contributed by atoms with Gasteiger partial charge in [0.2, 0.25) is 0 Å². The van der Waals surface area contributed by atoms with E-state index in [0.717, 1.165) is 38.4 Å². The summed E-state index contributed by atoms with van der Waals surface area (Å²) in [6.45, 7) is 2.87. The second kappa shape index (κ2) is 6.40. The minimum absolute atomic E-state index is 0.170. The summed E-state index contributed by atoms with van der Waals surface area (Å²) in [7, 11) is 0. The Kier molecular flexibility index (Phi) is 4.61. The molecule has 9 heteroatoms. The first kappa shape index (κ1) is 17.3. The van der Waals surface area contributed by atoms with Crippen LogP contribution in [0.25, 0.3) is 0 Å². The summed E-state index contributed by atoms with van der Waals surface area (Å²) in [5.41, 5.74) is -1.55. The van der Waals surface area contributed by atoms with Gasteiger partial charge in [0.1, 0.15) is 5.69 Å². The van der Waals surface area contributed by atoms with Gasteiger partial charge < -0.3 is 4.90 Å². The standard InChI is InChI=1S/C15H17ClF3N3O2/c16-12-8-13(14(22(23)24)7-11(12)15(17,18)19)21-6-5-20-4-2-1-3-10(20)9-21/h7-8,10H,1-6,9H2. The number of halogens is 4. The van der Waals surface area contributed by atoms with Gasteiger partial charge in [-0.15, -0.1) is 0 Å². The lowest BCUT2D eigenvalue weighted by atomic mass is 9.99. The first-order chi connectivity index (χ1) is 11.3. The average molecular weight is 364 g/mol. The molecule has 2 saturated heterocycles. The second-order valence-electron chi connectivity index (χ2n) is 6.21. The van der Waals surface area contributed by atoms with Gasteiger partial charge in [-0.1, -0.05) is 18.0 Å². The molecule has 132 valence electrons. The van der Waals surface area contributed by atoms with Crippen molar-refractivity contribution in [1.82, 2.24) is 4.90 Å². The smallest absolute Gasteiger partial charge is 0.363 e. The fourth-order valence-corrected chi connectivity index (χ4v) is 3.81. The van der Waals surface area contributed by atoms with E-state index < -0.39 is 27.4 Å². The Balaban J connectivity index is 1.95. The van der Waals surface area contributed by atoms with Crippen LogP contribution in [0.15, 0.2) is 12.1 Å². The van der Waals surface area contributed by atoms with Crippen LogP contribution < -0.4 is 4.90 Å². The zero-order valence-electron chi connectivity index (χ0n) is 12.9. The van der Waals surface area contributed by atoms with Crippen molar-refractivity contribution in [3.63, 3.8) is 0 Å². The summed E-state index contributed by atoms with van der Waals surface area (Å²) in [5.74, 6) is 0. The molecule has 0 saturated carbocycles. The van der Waals surface area contributed by atoms with E-state index in [1.54, 1.807) is 4.90 Å². The Morgan fingerprint density at radius 2 is 1.96 bits per heavy atom. The van der Waals surface area contributed by atoms with Crippen LogP contribution in [0.4, 0.5) is 24.5 Å². The third kappa shape index (κ3) is 3.30. The first-order valence-corrected chi connectivity index (χ1v) is 8.19. The van der Waals surface area contributed by atoms with Gasteiger partial charge in [-0.25, -0.2) is 0 Å². The lowest BCUT2D eigenvalue weighted by Crippen LogP contribution is -2.55. The Hall–Kier alpha value is -1.54. The number of hydrogen-bond acceptors (Lipinski definition) is 4. The van der Waals surface area contributed by atoms with Gasteiger partial charge in [-0.3, -0.25) is 15.0 Å². The number of hydrogen-bond donors (Lipinski definition) is 0. The molecule has 5 nitrogen and oxygen atoms in total. The monoisotopic (exact) mass is 363 g/mol. The number of benzene rings is 1. The van der Waals surface area contributed by atoms with Crippen LogP contribution in [0.1, 0.15) is 24.8 Å². The van der Waals surface area contributed by atoms with Gasteiger partial charge in [0, 0.05) is 31.7 Å². The average Bonchev–Trinajstić information content (AvgIpc) is 2.52. The zero-order valence-corrected chi connectivity index (χ0v) is 13.6. The minimum Gasteiger partial charge on any atom is -0.363 e. The molecule has 1 aromatic rings. The summed E-state index contributed by atoms with van der Waals surface area (Å²) in [6.07, 6.45) is -1.48. The molecule has 3 rings (SSSR count). The molecule has 24 heavy (non-hydrogen) atoms. The summed E-state index contributed by atoms with van der Waals surface area (Å²) >= 11 is 5.77. The highest BCUT2D eigenvalue weighted by Gasteiger charge is 2.38. The fraction of sp³-hybridized carbons (Fsp3) is 0.600. The lowest BCUT2D eigenvalue weighted by molar-refractivity contribution is -0.384. The first-order valence-electron chi connectivity index (χ1n) is 7.81. The van der Waals surface area contributed by atoms with E-state index in [-0.39, 0.29) is 11.7 Å². The third-order valence-electron chi connectivity index (χ3n) is 4.74. The number of fused-ring (bicyclic) bond motifs is 1. The van der Waals surface area contributed by atoms with Crippen molar-refractivity contribution in [3.8, 4) is 0 Å². The lowest BCUT2D eigenvalue weighted by Gasteiger charge is -2.44. The number of nitro groups is 1. The van der Waals surface area contributed by atoms with Gasteiger partial charge in [0.25, 0.3) is 5.69 Å². The van der Waals surface area contributed by atoms with Gasteiger partial charge in [0.15, 0.2) is 0 Å². The van der Waals surface area contributed by atoms with Crippen LogP contribution >= 0.6 is 11.6 Å². The maximum atomic E-state index is 13.0.